The van der Waals surface area contributed by atoms with Crippen LogP contribution >= 0.6 is 0 Å². The normalized spacial score (nSPS) is 25.0. The van der Waals surface area contributed by atoms with Crippen LogP contribution in [0.2, 0.25) is 0 Å². The van der Waals surface area contributed by atoms with Gasteiger partial charge in [0.1, 0.15) is 31.0 Å². The number of carbonyl (C=O) groups is 1. The molecule has 1 saturated heterocycles. The van der Waals surface area contributed by atoms with Crippen molar-refractivity contribution in [1.29, 1.82) is 0 Å². The van der Waals surface area contributed by atoms with Crippen molar-refractivity contribution in [2.45, 2.75) is 43.9 Å². The quantitative estimate of drug-likeness (QED) is 0.465. The second-order valence-electron chi connectivity index (χ2n) is 6.73. The lowest BCUT2D eigenvalue weighted by molar-refractivity contribution is -0.186. The van der Waals surface area contributed by atoms with Gasteiger partial charge < -0.3 is 34.6 Å². The summed E-state index contributed by atoms with van der Waals surface area (Å²) in [7, 11) is 0. The molecule has 0 bridgehead atoms. The molecule has 0 saturated carbocycles. The summed E-state index contributed by atoms with van der Waals surface area (Å²) in [6, 6.07) is 16.0. The Bertz CT molecular complexity index is 796. The summed E-state index contributed by atoms with van der Waals surface area (Å²) < 4.78 is 16.2. The number of rotatable bonds is 8. The van der Waals surface area contributed by atoms with Crippen LogP contribution in [0.5, 0.6) is 0 Å². The van der Waals surface area contributed by atoms with Gasteiger partial charge in [-0.15, -0.1) is 0 Å². The van der Waals surface area contributed by atoms with Crippen molar-refractivity contribution >= 4 is 5.97 Å². The van der Waals surface area contributed by atoms with Crippen LogP contribution in [-0.4, -0.2) is 63.7 Å². The van der Waals surface area contributed by atoms with Crippen LogP contribution in [0.3, 0.4) is 0 Å². The minimum atomic E-state index is -1.41. The van der Waals surface area contributed by atoms with Crippen molar-refractivity contribution in [3.63, 3.8) is 0 Å². The number of carbonyl (C=O) groups excluding carboxylic acids is 1. The topological polar surface area (TPSA) is 126 Å². The SMILES string of the molecule is O=C(OCc1ccccc1)c1ccccc1CO[C@@H]1O[C@@H]([C@H](O)CO)[C@H](O)[C@H]1O. The number of hydrogen-bond acceptors (Lipinski definition) is 8. The lowest BCUT2D eigenvalue weighted by Gasteiger charge is -2.18. The lowest BCUT2D eigenvalue weighted by Crippen LogP contribution is -2.40. The maximum absolute atomic E-state index is 12.5. The molecule has 0 amide bonds. The summed E-state index contributed by atoms with van der Waals surface area (Å²) >= 11 is 0. The van der Waals surface area contributed by atoms with Gasteiger partial charge in [-0.3, -0.25) is 0 Å². The van der Waals surface area contributed by atoms with E-state index in [1.807, 2.05) is 30.3 Å². The van der Waals surface area contributed by atoms with Gasteiger partial charge in [0.2, 0.25) is 0 Å². The molecule has 1 aliphatic rings. The Kier molecular flexibility index (Phi) is 7.32. The molecule has 4 N–H and O–H groups in total. The molecule has 8 nitrogen and oxygen atoms in total. The molecule has 156 valence electrons. The fraction of sp³-hybridized carbons (Fsp3) is 0.381. The number of aliphatic hydroxyl groups excluding tert-OH is 4. The van der Waals surface area contributed by atoms with Gasteiger partial charge in [-0.05, 0) is 17.2 Å². The van der Waals surface area contributed by atoms with Gasteiger partial charge in [0.25, 0.3) is 0 Å². The van der Waals surface area contributed by atoms with Crippen LogP contribution in [0, 0.1) is 0 Å². The van der Waals surface area contributed by atoms with Gasteiger partial charge in [-0.2, -0.15) is 0 Å². The van der Waals surface area contributed by atoms with Gasteiger partial charge in [-0.1, -0.05) is 48.5 Å². The second kappa shape index (κ2) is 9.93. The van der Waals surface area contributed by atoms with Gasteiger partial charge >= 0.3 is 5.97 Å². The van der Waals surface area contributed by atoms with Crippen LogP contribution in [-0.2, 0) is 27.4 Å². The van der Waals surface area contributed by atoms with Gasteiger partial charge in [0.15, 0.2) is 6.29 Å². The maximum Gasteiger partial charge on any atom is 0.338 e. The van der Waals surface area contributed by atoms with E-state index in [4.69, 9.17) is 19.3 Å². The van der Waals surface area contributed by atoms with Crippen LogP contribution < -0.4 is 0 Å². The third kappa shape index (κ3) is 5.18. The average Bonchev–Trinajstić information content (AvgIpc) is 3.05. The third-order valence-electron chi connectivity index (χ3n) is 4.68. The van der Waals surface area contributed by atoms with E-state index in [1.54, 1.807) is 24.3 Å². The smallest absolute Gasteiger partial charge is 0.338 e. The minimum Gasteiger partial charge on any atom is -0.457 e. The van der Waals surface area contributed by atoms with E-state index < -0.39 is 43.3 Å². The molecule has 8 heteroatoms. The zero-order chi connectivity index (χ0) is 20.8. The first-order chi connectivity index (χ1) is 14.0. The van der Waals surface area contributed by atoms with E-state index >= 15 is 0 Å². The van der Waals surface area contributed by atoms with Crippen molar-refractivity contribution in [2.24, 2.45) is 0 Å². The van der Waals surface area contributed by atoms with E-state index in [2.05, 4.69) is 0 Å². The Morgan fingerprint density at radius 2 is 1.69 bits per heavy atom. The standard InChI is InChI=1S/C21H24O8/c22-10-16(23)19-17(24)18(25)21(29-19)28-12-14-8-4-5-9-15(14)20(26)27-11-13-6-2-1-3-7-13/h1-9,16-19,21-25H,10-12H2/t16-,17-,18-,19+,21-/m1/s1. The predicted octanol–water partition coefficient (Wildman–Crippen LogP) is 0.360. The predicted molar refractivity (Wildman–Crippen MR) is 101 cm³/mol. The summed E-state index contributed by atoms with van der Waals surface area (Å²) in [4.78, 5) is 12.5. The Labute approximate surface area is 167 Å². The van der Waals surface area contributed by atoms with Crippen LogP contribution in [0.4, 0.5) is 0 Å². The third-order valence-corrected chi connectivity index (χ3v) is 4.68. The minimum absolute atomic E-state index is 0.0903. The highest BCUT2D eigenvalue weighted by molar-refractivity contribution is 5.91. The van der Waals surface area contributed by atoms with E-state index in [0.717, 1.165) is 5.56 Å². The summed E-state index contributed by atoms with van der Waals surface area (Å²) in [5.41, 5.74) is 1.69. The van der Waals surface area contributed by atoms with Crippen molar-refractivity contribution in [2.75, 3.05) is 6.61 Å². The molecule has 0 unspecified atom stereocenters. The summed E-state index contributed by atoms with van der Waals surface area (Å²) in [6.07, 6.45) is -6.56. The van der Waals surface area contributed by atoms with Crippen LogP contribution in [0.1, 0.15) is 21.5 Å². The van der Waals surface area contributed by atoms with Crippen LogP contribution in [0.25, 0.3) is 0 Å². The van der Waals surface area contributed by atoms with Crippen molar-refractivity contribution < 1.29 is 39.4 Å². The first kappa shape index (κ1) is 21.4. The average molecular weight is 404 g/mol. The molecule has 2 aromatic rings. The highest BCUT2D eigenvalue weighted by Crippen LogP contribution is 2.26. The van der Waals surface area contributed by atoms with Crippen molar-refractivity contribution in [3.8, 4) is 0 Å². The fourth-order valence-electron chi connectivity index (χ4n) is 3.05. The number of benzene rings is 2. The highest BCUT2D eigenvalue weighted by atomic mass is 16.7. The number of aliphatic hydroxyl groups is 4. The van der Waals surface area contributed by atoms with Crippen LogP contribution in [0.15, 0.2) is 54.6 Å². The zero-order valence-electron chi connectivity index (χ0n) is 15.6. The number of ether oxygens (including phenoxy) is 3. The molecule has 2 aromatic carbocycles. The summed E-state index contributed by atoms with van der Waals surface area (Å²) in [5, 5.41) is 38.7. The van der Waals surface area contributed by atoms with E-state index in [9.17, 15) is 20.1 Å². The molecular weight excluding hydrogens is 380 g/mol. The fourth-order valence-corrected chi connectivity index (χ4v) is 3.05. The summed E-state index contributed by atoms with van der Waals surface area (Å²) in [5.74, 6) is -0.519. The Balaban J connectivity index is 1.61. The Hall–Kier alpha value is -2.33. The zero-order valence-corrected chi connectivity index (χ0v) is 15.6. The molecule has 5 atom stereocenters. The van der Waals surface area contributed by atoms with Gasteiger partial charge in [0.05, 0.1) is 18.8 Å². The molecule has 0 spiro atoms. The molecule has 0 radical (unpaired) electrons. The molecule has 1 fully saturated rings. The van der Waals surface area contributed by atoms with Crippen molar-refractivity contribution in [3.05, 3.63) is 71.3 Å². The van der Waals surface area contributed by atoms with Crippen molar-refractivity contribution in [1.82, 2.24) is 0 Å². The lowest BCUT2D eigenvalue weighted by atomic mass is 10.1. The summed E-state index contributed by atoms with van der Waals surface area (Å²) in [6.45, 7) is -0.587. The molecule has 0 aromatic heterocycles. The monoisotopic (exact) mass is 404 g/mol. The first-order valence-corrected chi connectivity index (χ1v) is 9.22. The van der Waals surface area contributed by atoms with Gasteiger partial charge in [-0.25, -0.2) is 4.79 Å². The van der Waals surface area contributed by atoms with Gasteiger partial charge in [0, 0.05) is 0 Å². The molecule has 0 aliphatic carbocycles. The second-order valence-corrected chi connectivity index (χ2v) is 6.73. The Morgan fingerprint density at radius 3 is 2.41 bits per heavy atom. The first-order valence-electron chi connectivity index (χ1n) is 9.22. The highest BCUT2D eigenvalue weighted by Gasteiger charge is 2.46. The Morgan fingerprint density at radius 1 is 1.00 bits per heavy atom. The largest absolute Gasteiger partial charge is 0.457 e. The number of hydrogen-bond donors (Lipinski definition) is 4. The molecule has 1 aliphatic heterocycles. The maximum atomic E-state index is 12.5. The van der Waals surface area contributed by atoms with E-state index in [-0.39, 0.29) is 13.2 Å². The van der Waals surface area contributed by atoms with E-state index in [0.29, 0.717) is 11.1 Å². The number of esters is 1. The molecule has 3 rings (SSSR count). The molecular formula is C21H24O8. The molecule has 29 heavy (non-hydrogen) atoms. The van der Waals surface area contributed by atoms with E-state index in [1.165, 1.54) is 0 Å². The molecule has 1 heterocycles.